The number of nitrogens with zero attached hydrogens (tertiary/aromatic N) is 3. The minimum absolute atomic E-state index is 0.105. The minimum Gasteiger partial charge on any atom is -0.363 e. The number of nitrogens with one attached hydrogen (secondary N) is 3. The Hall–Kier alpha value is -2.68. The van der Waals surface area contributed by atoms with Crippen LogP contribution in [0.4, 0.5) is 5.69 Å². The number of hydrazone groups is 1. The van der Waals surface area contributed by atoms with E-state index >= 15 is 0 Å². The van der Waals surface area contributed by atoms with E-state index in [0.717, 1.165) is 21.2 Å². The van der Waals surface area contributed by atoms with E-state index in [4.69, 9.17) is 5.26 Å². The summed E-state index contributed by atoms with van der Waals surface area (Å²) in [6.07, 6.45) is 1.80. The quantitative estimate of drug-likeness (QED) is 0.428. The molecule has 1 fully saturated rings. The van der Waals surface area contributed by atoms with Gasteiger partial charge in [-0.1, -0.05) is 0 Å². The standard InChI is InChI=1S/C18H17IN6O3/c19-16-11-8-25(13-4-6-15(26)22-17(13)27)18(28)10(11)2-3-12(16)21-14-5-1-9(7-20)23-24-14/h2-3,13-14,21,24H,1,4-6,8H2,(H,22,26,27). The normalized spacial score (nSPS) is 24.1. The van der Waals surface area contributed by atoms with Crippen LogP contribution in [0.15, 0.2) is 17.2 Å². The maximum absolute atomic E-state index is 12.8. The summed E-state index contributed by atoms with van der Waals surface area (Å²) in [5, 5.41) is 18.6. The number of nitriles is 1. The maximum Gasteiger partial charge on any atom is 0.255 e. The third-order valence-electron chi connectivity index (χ3n) is 5.13. The number of fused-ring (bicyclic) bond motifs is 1. The first-order valence-corrected chi connectivity index (χ1v) is 10.0. The molecule has 1 aromatic rings. The second-order valence-corrected chi connectivity index (χ2v) is 7.97. The molecule has 4 rings (SSSR count). The van der Waals surface area contributed by atoms with Gasteiger partial charge >= 0.3 is 0 Å². The summed E-state index contributed by atoms with van der Waals surface area (Å²) in [6, 6.07) is 5.03. The molecule has 2 atom stereocenters. The van der Waals surface area contributed by atoms with Gasteiger partial charge in [0, 0.05) is 34.2 Å². The Bertz CT molecular complexity index is 953. The molecule has 144 valence electrons. The molecule has 9 nitrogen and oxygen atoms in total. The van der Waals surface area contributed by atoms with Gasteiger partial charge in [-0.05, 0) is 53.1 Å². The van der Waals surface area contributed by atoms with Crippen molar-refractivity contribution in [3.05, 3.63) is 26.8 Å². The first kappa shape index (κ1) is 18.7. The summed E-state index contributed by atoms with van der Waals surface area (Å²) >= 11 is 2.20. The van der Waals surface area contributed by atoms with Crippen LogP contribution in [0.2, 0.25) is 0 Å². The number of imide groups is 1. The summed E-state index contributed by atoms with van der Waals surface area (Å²) in [5.74, 6) is -0.898. The van der Waals surface area contributed by atoms with Crippen LogP contribution in [0.1, 0.15) is 41.6 Å². The number of hydrogen-bond acceptors (Lipinski definition) is 7. The number of benzene rings is 1. The van der Waals surface area contributed by atoms with Crippen LogP contribution in [0.5, 0.6) is 0 Å². The molecule has 1 aromatic carbocycles. The van der Waals surface area contributed by atoms with Crippen LogP contribution in [0.3, 0.4) is 0 Å². The fourth-order valence-corrected chi connectivity index (χ4v) is 4.44. The van der Waals surface area contributed by atoms with Crippen molar-refractivity contribution in [2.75, 3.05) is 5.32 Å². The van der Waals surface area contributed by atoms with E-state index in [1.54, 1.807) is 11.0 Å². The predicted octanol–water partition coefficient (Wildman–Crippen LogP) is 1.05. The van der Waals surface area contributed by atoms with Crippen molar-refractivity contribution in [2.45, 2.75) is 44.4 Å². The number of rotatable bonds is 3. The van der Waals surface area contributed by atoms with E-state index in [1.165, 1.54) is 0 Å². The molecule has 0 aromatic heterocycles. The molecule has 3 heterocycles. The van der Waals surface area contributed by atoms with Gasteiger partial charge in [-0.15, -0.1) is 0 Å². The smallest absolute Gasteiger partial charge is 0.255 e. The number of hydrogen-bond donors (Lipinski definition) is 3. The Kier molecular flexibility index (Phi) is 4.92. The Morgan fingerprint density at radius 1 is 1.25 bits per heavy atom. The van der Waals surface area contributed by atoms with Crippen molar-refractivity contribution in [3.8, 4) is 6.07 Å². The lowest BCUT2D eigenvalue weighted by Crippen LogP contribution is -2.52. The number of carbonyl (C=O) groups is 3. The van der Waals surface area contributed by atoms with E-state index < -0.39 is 11.9 Å². The predicted molar refractivity (Wildman–Crippen MR) is 108 cm³/mol. The molecular formula is C18H17IN6O3. The van der Waals surface area contributed by atoms with Gasteiger partial charge in [-0.3, -0.25) is 25.1 Å². The van der Waals surface area contributed by atoms with E-state index in [2.05, 4.69) is 43.8 Å². The van der Waals surface area contributed by atoms with Crippen molar-refractivity contribution < 1.29 is 14.4 Å². The third kappa shape index (κ3) is 3.30. The summed E-state index contributed by atoms with van der Waals surface area (Å²) in [4.78, 5) is 37.9. The van der Waals surface area contributed by atoms with E-state index in [0.29, 0.717) is 30.7 Å². The second-order valence-electron chi connectivity index (χ2n) is 6.89. The summed E-state index contributed by atoms with van der Waals surface area (Å²) in [5.41, 5.74) is 5.73. The van der Waals surface area contributed by atoms with E-state index in [1.807, 2.05) is 12.1 Å². The number of anilines is 1. The third-order valence-corrected chi connectivity index (χ3v) is 6.37. The average Bonchev–Trinajstić information content (AvgIpc) is 3.02. The molecule has 0 radical (unpaired) electrons. The number of halogens is 1. The Balaban J connectivity index is 1.52. The molecule has 0 bridgehead atoms. The molecule has 0 spiro atoms. The van der Waals surface area contributed by atoms with Crippen molar-refractivity contribution >= 4 is 51.7 Å². The Morgan fingerprint density at radius 3 is 2.75 bits per heavy atom. The van der Waals surface area contributed by atoms with Crippen LogP contribution >= 0.6 is 22.6 Å². The van der Waals surface area contributed by atoms with Crippen LogP contribution in [-0.2, 0) is 16.1 Å². The Labute approximate surface area is 174 Å². The number of carbonyl (C=O) groups excluding carboxylic acids is 3. The molecule has 3 N–H and O–H groups in total. The lowest BCUT2D eigenvalue weighted by molar-refractivity contribution is -0.136. The average molecular weight is 492 g/mol. The van der Waals surface area contributed by atoms with E-state index in [9.17, 15) is 14.4 Å². The first-order valence-electron chi connectivity index (χ1n) is 8.92. The lowest BCUT2D eigenvalue weighted by Gasteiger charge is -2.29. The molecule has 3 aliphatic rings. The molecular weight excluding hydrogens is 475 g/mol. The summed E-state index contributed by atoms with van der Waals surface area (Å²) in [6.45, 7) is 0.336. The highest BCUT2D eigenvalue weighted by molar-refractivity contribution is 14.1. The largest absolute Gasteiger partial charge is 0.363 e. The van der Waals surface area contributed by atoms with Gasteiger partial charge in [-0.2, -0.15) is 10.4 Å². The molecule has 3 amide bonds. The molecule has 28 heavy (non-hydrogen) atoms. The van der Waals surface area contributed by atoms with Crippen LogP contribution in [0, 0.1) is 14.9 Å². The lowest BCUT2D eigenvalue weighted by atomic mass is 10.0. The van der Waals surface area contributed by atoms with Crippen molar-refractivity contribution in [3.63, 3.8) is 0 Å². The van der Waals surface area contributed by atoms with Gasteiger partial charge in [0.1, 0.15) is 24.0 Å². The minimum atomic E-state index is -0.622. The summed E-state index contributed by atoms with van der Waals surface area (Å²) < 4.78 is 0.912. The topological polar surface area (TPSA) is 127 Å². The van der Waals surface area contributed by atoms with Crippen molar-refractivity contribution in [2.24, 2.45) is 5.10 Å². The van der Waals surface area contributed by atoms with E-state index in [-0.39, 0.29) is 24.4 Å². The number of amides is 3. The highest BCUT2D eigenvalue weighted by atomic mass is 127. The van der Waals surface area contributed by atoms with Gasteiger partial charge < -0.3 is 10.2 Å². The highest BCUT2D eigenvalue weighted by Gasteiger charge is 2.40. The molecule has 10 heteroatoms. The fourth-order valence-electron chi connectivity index (χ4n) is 3.65. The van der Waals surface area contributed by atoms with Gasteiger partial charge in [-0.25, -0.2) is 0 Å². The SMILES string of the molecule is N#CC1=NNC(Nc2ccc3c(c2I)CN(C2CCC(=O)NC2=O)C3=O)CC1. The monoisotopic (exact) mass is 492 g/mol. The highest BCUT2D eigenvalue weighted by Crippen LogP contribution is 2.34. The van der Waals surface area contributed by atoms with Crippen molar-refractivity contribution in [1.29, 1.82) is 5.26 Å². The molecule has 2 unspecified atom stereocenters. The first-order chi connectivity index (χ1) is 13.5. The van der Waals surface area contributed by atoms with Crippen LogP contribution < -0.4 is 16.1 Å². The van der Waals surface area contributed by atoms with Gasteiger partial charge in [0.05, 0.1) is 0 Å². The number of piperidine rings is 1. The molecule has 1 saturated heterocycles. The zero-order chi connectivity index (χ0) is 19.8. The van der Waals surface area contributed by atoms with Gasteiger partial charge in [0.2, 0.25) is 11.8 Å². The Morgan fingerprint density at radius 2 is 2.07 bits per heavy atom. The molecule has 0 saturated carbocycles. The fraction of sp³-hybridized carbons (Fsp3) is 0.389. The maximum atomic E-state index is 12.8. The zero-order valence-corrected chi connectivity index (χ0v) is 16.9. The van der Waals surface area contributed by atoms with Crippen molar-refractivity contribution in [1.82, 2.24) is 15.6 Å². The zero-order valence-electron chi connectivity index (χ0n) is 14.8. The van der Waals surface area contributed by atoms with Crippen LogP contribution in [0.25, 0.3) is 0 Å². The van der Waals surface area contributed by atoms with Crippen LogP contribution in [-0.4, -0.2) is 40.5 Å². The van der Waals surface area contributed by atoms with Gasteiger partial charge in [0.25, 0.3) is 5.91 Å². The molecule has 3 aliphatic heterocycles. The second kappa shape index (κ2) is 7.38. The van der Waals surface area contributed by atoms with Gasteiger partial charge in [0.15, 0.2) is 0 Å². The molecule has 0 aliphatic carbocycles. The summed E-state index contributed by atoms with van der Waals surface area (Å²) in [7, 11) is 0.